The van der Waals surface area contributed by atoms with Crippen molar-refractivity contribution in [3.8, 4) is 0 Å². The fraction of sp³-hybridized carbons (Fsp3) is 0.192. The van der Waals surface area contributed by atoms with E-state index in [1.54, 1.807) is 42.5 Å². The molecule has 0 bridgehead atoms. The van der Waals surface area contributed by atoms with Crippen LogP contribution in [-0.4, -0.2) is 36.6 Å². The highest BCUT2D eigenvalue weighted by Gasteiger charge is 2.15. The van der Waals surface area contributed by atoms with Gasteiger partial charge >= 0.3 is 0 Å². The van der Waals surface area contributed by atoms with Crippen molar-refractivity contribution in [1.82, 2.24) is 10.2 Å². The van der Waals surface area contributed by atoms with E-state index in [0.29, 0.717) is 16.8 Å². The van der Waals surface area contributed by atoms with Gasteiger partial charge in [0.15, 0.2) is 0 Å². The average molecular weight is 470 g/mol. The molecule has 0 saturated heterocycles. The molecule has 1 heterocycles. The number of hydrogen-bond acceptors (Lipinski definition) is 6. The molecule has 0 atom stereocenters. The summed E-state index contributed by atoms with van der Waals surface area (Å²) in [6, 6.07) is 19.7. The van der Waals surface area contributed by atoms with Crippen molar-refractivity contribution in [1.29, 1.82) is 10.9 Å². The molecule has 0 spiro atoms. The molecule has 0 unspecified atom stereocenters. The zero-order valence-corrected chi connectivity index (χ0v) is 19.4. The molecule has 1 aliphatic rings. The van der Waals surface area contributed by atoms with Gasteiger partial charge in [-0.2, -0.15) is 5.53 Å². The number of fused-ring (bicyclic) bond motifs is 1. The molecule has 4 rings (SSSR count). The van der Waals surface area contributed by atoms with Gasteiger partial charge in [-0.25, -0.2) is 5.01 Å². The summed E-state index contributed by atoms with van der Waals surface area (Å²) in [6.45, 7) is 2.18. The summed E-state index contributed by atoms with van der Waals surface area (Å²) >= 11 is 0. The lowest BCUT2D eigenvalue weighted by Gasteiger charge is -2.25. The Hall–Kier alpha value is -4.37. The zero-order valence-electron chi connectivity index (χ0n) is 19.4. The van der Waals surface area contributed by atoms with E-state index in [1.165, 1.54) is 11.1 Å². The Morgan fingerprint density at radius 3 is 2.57 bits per heavy atom. The second-order valence-electron chi connectivity index (χ2n) is 8.43. The van der Waals surface area contributed by atoms with Gasteiger partial charge in [0, 0.05) is 36.4 Å². The number of benzene rings is 3. The van der Waals surface area contributed by atoms with Crippen LogP contribution in [0.5, 0.6) is 0 Å². The van der Waals surface area contributed by atoms with Gasteiger partial charge < -0.3 is 15.5 Å². The third-order valence-electron chi connectivity index (χ3n) is 5.93. The molecule has 35 heavy (non-hydrogen) atoms. The van der Waals surface area contributed by atoms with Crippen molar-refractivity contribution < 1.29 is 9.59 Å². The summed E-state index contributed by atoms with van der Waals surface area (Å²) in [5, 5.41) is 17.3. The lowest BCUT2D eigenvalue weighted by Crippen LogP contribution is -2.26. The standard InChI is InChI=1S/C26H27N7O2/c1-32-12-11-19-5-8-23(14-22(19)16-32)30-26(35)21-4-2-3-18(13-21)15-29-25(34)20-6-9-24(10-7-20)33(17-27)31-28/h2-10,13-14,17,27-28H,11-12,15-16H2,1H3,(H,29,34)(H,30,35). The van der Waals surface area contributed by atoms with E-state index >= 15 is 0 Å². The van der Waals surface area contributed by atoms with Gasteiger partial charge in [-0.05, 0) is 78.7 Å². The van der Waals surface area contributed by atoms with Crippen LogP contribution < -0.4 is 15.6 Å². The molecule has 0 aliphatic carbocycles. The van der Waals surface area contributed by atoms with Crippen LogP contribution in [0.25, 0.3) is 0 Å². The Balaban J connectivity index is 1.37. The van der Waals surface area contributed by atoms with Crippen LogP contribution in [0.15, 0.2) is 72.0 Å². The minimum Gasteiger partial charge on any atom is -0.348 e. The second-order valence-corrected chi connectivity index (χ2v) is 8.43. The van der Waals surface area contributed by atoms with Crippen LogP contribution in [0.2, 0.25) is 0 Å². The first kappa shape index (κ1) is 23.8. The summed E-state index contributed by atoms with van der Waals surface area (Å²) in [6.07, 6.45) is 1.93. The van der Waals surface area contributed by atoms with Crippen LogP contribution >= 0.6 is 0 Å². The third kappa shape index (κ3) is 5.77. The van der Waals surface area contributed by atoms with Gasteiger partial charge in [0.1, 0.15) is 6.34 Å². The summed E-state index contributed by atoms with van der Waals surface area (Å²) < 4.78 is 0. The van der Waals surface area contributed by atoms with Crippen LogP contribution in [0.1, 0.15) is 37.4 Å². The summed E-state index contributed by atoms with van der Waals surface area (Å²) in [5.74, 6) is -0.469. The van der Waals surface area contributed by atoms with E-state index in [-0.39, 0.29) is 18.4 Å². The second kappa shape index (κ2) is 10.7. The number of nitrogens with zero attached hydrogens (tertiary/aromatic N) is 3. The van der Waals surface area contributed by atoms with E-state index < -0.39 is 0 Å². The van der Waals surface area contributed by atoms with Gasteiger partial charge in [-0.15, -0.1) is 0 Å². The van der Waals surface area contributed by atoms with Crippen LogP contribution in [-0.2, 0) is 19.5 Å². The minimum atomic E-state index is -0.269. The van der Waals surface area contributed by atoms with Gasteiger partial charge in [-0.3, -0.25) is 15.0 Å². The lowest BCUT2D eigenvalue weighted by atomic mass is 9.99. The predicted molar refractivity (Wildman–Crippen MR) is 135 cm³/mol. The number of carbonyl (C=O) groups excluding carboxylic acids is 2. The first-order chi connectivity index (χ1) is 17.0. The first-order valence-corrected chi connectivity index (χ1v) is 11.2. The van der Waals surface area contributed by atoms with Crippen molar-refractivity contribution in [2.24, 2.45) is 5.22 Å². The normalized spacial score (nSPS) is 12.8. The number of likely N-dealkylation sites (N-methyl/N-ethyl adjacent to an activating group) is 1. The SMILES string of the molecule is CN1CCc2ccc(NC(=O)c3cccc(CNC(=O)c4ccc(N(C=N)N=N)cc4)c3)cc2C1. The molecule has 0 fully saturated rings. The topological polar surface area (TPSA) is 125 Å². The van der Waals surface area contributed by atoms with Gasteiger partial charge in [0.05, 0.1) is 5.69 Å². The summed E-state index contributed by atoms with van der Waals surface area (Å²) in [5.41, 5.74) is 12.6. The number of hydrogen-bond donors (Lipinski definition) is 4. The Bertz CT molecular complexity index is 1250. The number of amides is 2. The Morgan fingerprint density at radius 1 is 1.03 bits per heavy atom. The molecular weight excluding hydrogens is 442 g/mol. The highest BCUT2D eigenvalue weighted by Crippen LogP contribution is 2.22. The van der Waals surface area contributed by atoms with E-state index in [4.69, 9.17) is 10.9 Å². The molecule has 3 aromatic carbocycles. The van der Waals surface area contributed by atoms with Crippen LogP contribution in [0.3, 0.4) is 0 Å². The maximum atomic E-state index is 12.8. The maximum Gasteiger partial charge on any atom is 0.255 e. The van der Waals surface area contributed by atoms with Crippen molar-refractivity contribution in [2.75, 3.05) is 23.9 Å². The van der Waals surface area contributed by atoms with Crippen molar-refractivity contribution >= 4 is 29.5 Å². The van der Waals surface area contributed by atoms with Gasteiger partial charge in [0.2, 0.25) is 0 Å². The highest BCUT2D eigenvalue weighted by atomic mass is 16.2. The third-order valence-corrected chi connectivity index (χ3v) is 5.93. The molecule has 9 nitrogen and oxygen atoms in total. The molecule has 3 aromatic rings. The largest absolute Gasteiger partial charge is 0.348 e. The fourth-order valence-corrected chi connectivity index (χ4v) is 4.01. The zero-order chi connectivity index (χ0) is 24.8. The van der Waals surface area contributed by atoms with Crippen molar-refractivity contribution in [2.45, 2.75) is 19.5 Å². The van der Waals surface area contributed by atoms with Gasteiger partial charge in [-0.1, -0.05) is 23.4 Å². The van der Waals surface area contributed by atoms with E-state index in [1.807, 2.05) is 18.2 Å². The van der Waals surface area contributed by atoms with E-state index in [2.05, 4.69) is 33.9 Å². The lowest BCUT2D eigenvalue weighted by molar-refractivity contribution is 0.0950. The monoisotopic (exact) mass is 469 g/mol. The smallest absolute Gasteiger partial charge is 0.255 e. The molecule has 9 heteroatoms. The van der Waals surface area contributed by atoms with Gasteiger partial charge in [0.25, 0.3) is 11.8 Å². The van der Waals surface area contributed by atoms with Crippen molar-refractivity contribution in [3.05, 3.63) is 94.5 Å². The number of nitrogens with one attached hydrogen (secondary N) is 4. The molecule has 2 amide bonds. The summed E-state index contributed by atoms with van der Waals surface area (Å²) in [4.78, 5) is 27.6. The Labute approximate surface area is 203 Å². The molecule has 0 aromatic heterocycles. The van der Waals surface area contributed by atoms with E-state index in [9.17, 15) is 9.59 Å². The average Bonchev–Trinajstić information content (AvgIpc) is 2.88. The number of rotatable bonds is 8. The number of carbonyl (C=O) groups is 2. The molecule has 0 radical (unpaired) electrons. The predicted octanol–water partition coefficient (Wildman–Crippen LogP) is 4.22. The molecular formula is C26H27N7O2. The van der Waals surface area contributed by atoms with Crippen molar-refractivity contribution in [3.63, 3.8) is 0 Å². The molecule has 178 valence electrons. The van der Waals surface area contributed by atoms with Crippen LogP contribution in [0.4, 0.5) is 11.4 Å². The molecule has 4 N–H and O–H groups in total. The van der Waals surface area contributed by atoms with Crippen LogP contribution in [0, 0.1) is 10.9 Å². The fourth-order valence-electron chi connectivity index (χ4n) is 4.01. The Kier molecular flexibility index (Phi) is 7.27. The molecule has 0 saturated carbocycles. The molecule has 1 aliphatic heterocycles. The highest BCUT2D eigenvalue weighted by molar-refractivity contribution is 6.04. The Morgan fingerprint density at radius 2 is 1.83 bits per heavy atom. The summed E-state index contributed by atoms with van der Waals surface area (Å²) in [7, 11) is 2.09. The number of anilines is 2. The minimum absolute atomic E-state index is 0.201. The van der Waals surface area contributed by atoms with E-state index in [0.717, 1.165) is 42.1 Å². The first-order valence-electron chi connectivity index (χ1n) is 11.2. The quantitative estimate of drug-likeness (QED) is 0.171. The maximum absolute atomic E-state index is 12.8.